The quantitative estimate of drug-likeness (QED) is 0.736. The van der Waals surface area contributed by atoms with Gasteiger partial charge in [0.1, 0.15) is 6.04 Å². The Bertz CT molecular complexity index is 515. The zero-order valence-electron chi connectivity index (χ0n) is 11.3. The van der Waals surface area contributed by atoms with Crippen LogP contribution in [0.2, 0.25) is 0 Å². The first-order valence-electron chi connectivity index (χ1n) is 5.96. The van der Waals surface area contributed by atoms with Gasteiger partial charge in [0.25, 0.3) is 5.91 Å². The van der Waals surface area contributed by atoms with Crippen molar-refractivity contribution < 1.29 is 24.2 Å². The van der Waals surface area contributed by atoms with Crippen LogP contribution in [0.4, 0.5) is 0 Å². The van der Waals surface area contributed by atoms with Gasteiger partial charge in [0.15, 0.2) is 0 Å². The van der Waals surface area contributed by atoms with E-state index in [0.717, 1.165) is 5.56 Å². The fraction of sp³-hybridized carbons (Fsp3) is 0.385. The number of rotatable bonds is 6. The highest BCUT2D eigenvalue weighted by Gasteiger charge is 2.22. The molecule has 0 saturated heterocycles. The first-order chi connectivity index (χ1) is 9.43. The summed E-state index contributed by atoms with van der Waals surface area (Å²) in [6.45, 7) is 1.77. The van der Waals surface area contributed by atoms with Gasteiger partial charge in [-0.25, -0.2) is 4.79 Å². The van der Waals surface area contributed by atoms with E-state index >= 15 is 0 Å². The van der Waals surface area contributed by atoms with Gasteiger partial charge in [-0.2, -0.15) is 0 Å². The van der Waals surface area contributed by atoms with Gasteiger partial charge in [0, 0.05) is 18.8 Å². The molecule has 20 heavy (non-hydrogen) atoms. The summed E-state index contributed by atoms with van der Waals surface area (Å²) >= 11 is 0. The van der Waals surface area contributed by atoms with Crippen LogP contribution in [-0.2, 0) is 14.3 Å². The molecule has 1 aromatic heterocycles. The summed E-state index contributed by atoms with van der Waals surface area (Å²) in [6, 6.07) is 0.448. The van der Waals surface area contributed by atoms with E-state index in [0.29, 0.717) is 0 Å². The molecule has 1 atom stereocenters. The molecule has 0 aliphatic heterocycles. The van der Waals surface area contributed by atoms with Crippen LogP contribution in [0.15, 0.2) is 18.5 Å². The van der Waals surface area contributed by atoms with Crippen molar-refractivity contribution in [3.63, 3.8) is 0 Å². The highest BCUT2D eigenvalue weighted by atomic mass is 16.5. The van der Waals surface area contributed by atoms with Crippen molar-refractivity contribution in [2.45, 2.75) is 25.8 Å². The highest BCUT2D eigenvalue weighted by molar-refractivity contribution is 5.96. The average molecular weight is 280 g/mol. The molecule has 1 rings (SSSR count). The summed E-state index contributed by atoms with van der Waals surface area (Å²) in [7, 11) is 1.22. The SMILES string of the molecule is COC(=O)CCC(NC(=O)c1cncc(C)c1)C(=O)O. The Morgan fingerprint density at radius 3 is 2.65 bits per heavy atom. The van der Waals surface area contributed by atoms with Crippen molar-refractivity contribution in [1.29, 1.82) is 0 Å². The lowest BCUT2D eigenvalue weighted by atomic mass is 10.1. The van der Waals surface area contributed by atoms with Crippen LogP contribution < -0.4 is 5.32 Å². The number of aliphatic carboxylic acids is 1. The Morgan fingerprint density at radius 2 is 2.10 bits per heavy atom. The van der Waals surface area contributed by atoms with Crippen LogP contribution in [-0.4, -0.2) is 41.1 Å². The third-order valence-corrected chi connectivity index (χ3v) is 2.61. The maximum absolute atomic E-state index is 11.9. The van der Waals surface area contributed by atoms with Crippen LogP contribution in [0, 0.1) is 6.92 Å². The Kier molecular flexibility index (Phi) is 5.64. The lowest BCUT2D eigenvalue weighted by Gasteiger charge is -2.13. The second kappa shape index (κ2) is 7.22. The van der Waals surface area contributed by atoms with E-state index in [1.165, 1.54) is 13.3 Å². The molecular weight excluding hydrogens is 264 g/mol. The molecule has 0 aliphatic carbocycles. The van der Waals surface area contributed by atoms with Crippen LogP contribution in [0.25, 0.3) is 0 Å². The minimum atomic E-state index is -1.21. The van der Waals surface area contributed by atoms with Crippen LogP contribution in [0.3, 0.4) is 0 Å². The lowest BCUT2D eigenvalue weighted by molar-refractivity contribution is -0.142. The first-order valence-corrected chi connectivity index (χ1v) is 5.96. The van der Waals surface area contributed by atoms with Crippen molar-refractivity contribution >= 4 is 17.8 Å². The number of carbonyl (C=O) groups excluding carboxylic acids is 2. The van der Waals surface area contributed by atoms with Gasteiger partial charge < -0.3 is 15.2 Å². The Balaban J connectivity index is 2.68. The Labute approximate surface area is 116 Å². The summed E-state index contributed by atoms with van der Waals surface area (Å²) < 4.78 is 4.43. The Morgan fingerprint density at radius 1 is 1.40 bits per heavy atom. The number of pyridine rings is 1. The predicted molar refractivity (Wildman–Crippen MR) is 69.1 cm³/mol. The molecule has 0 radical (unpaired) electrons. The number of methoxy groups -OCH3 is 1. The number of hydrogen-bond acceptors (Lipinski definition) is 5. The maximum Gasteiger partial charge on any atom is 0.326 e. The third-order valence-electron chi connectivity index (χ3n) is 2.61. The van der Waals surface area contributed by atoms with Crippen molar-refractivity contribution in [3.05, 3.63) is 29.6 Å². The van der Waals surface area contributed by atoms with Crippen molar-refractivity contribution in [2.24, 2.45) is 0 Å². The average Bonchev–Trinajstić information content (AvgIpc) is 2.42. The molecule has 7 nitrogen and oxygen atoms in total. The molecule has 0 aromatic carbocycles. The number of hydrogen-bond donors (Lipinski definition) is 2. The molecule has 1 aromatic rings. The number of nitrogens with one attached hydrogen (secondary N) is 1. The second-order valence-electron chi connectivity index (χ2n) is 4.23. The minimum Gasteiger partial charge on any atom is -0.480 e. The number of aromatic nitrogens is 1. The number of nitrogens with zero attached hydrogens (tertiary/aromatic N) is 1. The van der Waals surface area contributed by atoms with Gasteiger partial charge in [0.05, 0.1) is 12.7 Å². The van der Waals surface area contributed by atoms with Gasteiger partial charge in [0.2, 0.25) is 0 Å². The maximum atomic E-state index is 11.9. The molecule has 7 heteroatoms. The standard InChI is InChI=1S/C13H16N2O5/c1-8-5-9(7-14-6-8)12(17)15-10(13(18)19)3-4-11(16)20-2/h5-7,10H,3-4H2,1-2H3,(H,15,17)(H,18,19). The number of carboxylic acid groups (broad SMARTS) is 1. The number of carbonyl (C=O) groups is 3. The lowest BCUT2D eigenvalue weighted by Crippen LogP contribution is -2.41. The van der Waals surface area contributed by atoms with E-state index in [-0.39, 0.29) is 18.4 Å². The van der Waals surface area contributed by atoms with Gasteiger partial charge in [-0.05, 0) is 25.0 Å². The second-order valence-corrected chi connectivity index (χ2v) is 4.23. The van der Waals surface area contributed by atoms with E-state index in [4.69, 9.17) is 5.11 Å². The predicted octanol–water partition coefficient (Wildman–Crippen LogP) is 0.526. The zero-order valence-corrected chi connectivity index (χ0v) is 11.3. The van der Waals surface area contributed by atoms with Crippen LogP contribution >= 0.6 is 0 Å². The summed E-state index contributed by atoms with van der Waals surface area (Å²) in [6.07, 6.45) is 2.82. The molecule has 0 aliphatic rings. The summed E-state index contributed by atoms with van der Waals surface area (Å²) in [5.41, 5.74) is 1.06. The van der Waals surface area contributed by atoms with Crippen LogP contribution in [0.1, 0.15) is 28.8 Å². The summed E-state index contributed by atoms with van der Waals surface area (Å²) in [5.74, 6) is -2.27. The summed E-state index contributed by atoms with van der Waals surface area (Å²) in [4.78, 5) is 37.8. The van der Waals surface area contributed by atoms with Gasteiger partial charge in [-0.15, -0.1) is 0 Å². The number of esters is 1. The monoisotopic (exact) mass is 280 g/mol. The minimum absolute atomic E-state index is 0.0347. The normalized spacial score (nSPS) is 11.5. The molecule has 2 N–H and O–H groups in total. The molecule has 0 saturated carbocycles. The third kappa shape index (κ3) is 4.68. The fourth-order valence-electron chi connectivity index (χ4n) is 1.54. The Hall–Kier alpha value is -2.44. The highest BCUT2D eigenvalue weighted by Crippen LogP contribution is 2.04. The first kappa shape index (κ1) is 15.6. The van der Waals surface area contributed by atoms with Crippen LogP contribution in [0.5, 0.6) is 0 Å². The molecule has 1 amide bonds. The van der Waals surface area contributed by atoms with E-state index in [1.807, 2.05) is 0 Å². The number of aryl methyl sites for hydroxylation is 1. The van der Waals surface area contributed by atoms with Crippen molar-refractivity contribution in [1.82, 2.24) is 10.3 Å². The molecular formula is C13H16N2O5. The fourth-order valence-corrected chi connectivity index (χ4v) is 1.54. The van der Waals surface area contributed by atoms with Gasteiger partial charge in [-0.3, -0.25) is 14.6 Å². The van der Waals surface area contributed by atoms with Crippen molar-refractivity contribution in [3.8, 4) is 0 Å². The largest absolute Gasteiger partial charge is 0.480 e. The van der Waals surface area contributed by atoms with E-state index in [1.54, 1.807) is 19.2 Å². The number of amides is 1. The molecule has 108 valence electrons. The smallest absolute Gasteiger partial charge is 0.326 e. The zero-order chi connectivity index (χ0) is 15.1. The molecule has 0 bridgehead atoms. The van der Waals surface area contributed by atoms with E-state index in [9.17, 15) is 14.4 Å². The molecule has 1 unspecified atom stereocenters. The topological polar surface area (TPSA) is 106 Å². The number of ether oxygens (including phenoxy) is 1. The molecule has 0 spiro atoms. The number of carboxylic acids is 1. The molecule has 1 heterocycles. The van der Waals surface area contributed by atoms with Gasteiger partial charge in [-0.1, -0.05) is 0 Å². The summed E-state index contributed by atoms with van der Waals surface area (Å²) in [5, 5.41) is 11.4. The molecule has 0 fully saturated rings. The van der Waals surface area contributed by atoms with E-state index < -0.39 is 23.9 Å². The van der Waals surface area contributed by atoms with Crippen molar-refractivity contribution in [2.75, 3.05) is 7.11 Å². The van der Waals surface area contributed by atoms with Gasteiger partial charge >= 0.3 is 11.9 Å². The van der Waals surface area contributed by atoms with E-state index in [2.05, 4.69) is 15.0 Å².